The van der Waals surface area contributed by atoms with Crippen molar-refractivity contribution >= 4 is 28.5 Å². The van der Waals surface area contributed by atoms with Crippen LogP contribution < -0.4 is 15.4 Å². The summed E-state index contributed by atoms with van der Waals surface area (Å²) in [6.07, 6.45) is -1.58. The van der Waals surface area contributed by atoms with Crippen LogP contribution in [0.15, 0.2) is 42.7 Å². The zero-order valence-electron chi connectivity index (χ0n) is 14.6. The third-order valence-electron chi connectivity index (χ3n) is 3.91. The summed E-state index contributed by atoms with van der Waals surface area (Å²) < 4.78 is 43.8. The SMILES string of the molecule is COc1ccc(CNC(=O)C(=O)Nc2c[nH]c3cccnc23)cc1C(F)(F)F. The molecule has 3 aromatic rings. The minimum atomic E-state index is -4.61. The Morgan fingerprint density at radius 2 is 2.00 bits per heavy atom. The van der Waals surface area contributed by atoms with E-state index in [4.69, 9.17) is 4.74 Å². The predicted molar refractivity (Wildman–Crippen MR) is 94.6 cm³/mol. The van der Waals surface area contributed by atoms with Crippen LogP contribution in [-0.2, 0) is 22.3 Å². The number of halogens is 3. The second-order valence-corrected chi connectivity index (χ2v) is 5.77. The van der Waals surface area contributed by atoms with Crippen LogP contribution in [0.1, 0.15) is 11.1 Å². The van der Waals surface area contributed by atoms with Crippen LogP contribution >= 0.6 is 0 Å². The Hall–Kier alpha value is -3.56. The Morgan fingerprint density at radius 1 is 1.21 bits per heavy atom. The van der Waals surface area contributed by atoms with E-state index >= 15 is 0 Å². The number of amides is 2. The molecule has 2 aromatic heterocycles. The van der Waals surface area contributed by atoms with Gasteiger partial charge in [-0.2, -0.15) is 13.2 Å². The molecule has 3 rings (SSSR count). The first-order valence-electron chi connectivity index (χ1n) is 8.05. The van der Waals surface area contributed by atoms with Crippen molar-refractivity contribution in [2.75, 3.05) is 12.4 Å². The first kappa shape index (κ1) is 19.2. The van der Waals surface area contributed by atoms with Crippen molar-refractivity contribution in [3.8, 4) is 5.75 Å². The van der Waals surface area contributed by atoms with Crippen molar-refractivity contribution in [3.63, 3.8) is 0 Å². The lowest BCUT2D eigenvalue weighted by Gasteiger charge is -2.13. The van der Waals surface area contributed by atoms with Crippen molar-refractivity contribution in [2.45, 2.75) is 12.7 Å². The molecule has 0 radical (unpaired) electrons. The van der Waals surface area contributed by atoms with Gasteiger partial charge in [0.2, 0.25) is 0 Å². The number of aromatic nitrogens is 2. The number of hydrogen-bond acceptors (Lipinski definition) is 4. The lowest BCUT2D eigenvalue weighted by Crippen LogP contribution is -2.35. The molecule has 0 fully saturated rings. The average Bonchev–Trinajstić information content (AvgIpc) is 3.08. The number of rotatable bonds is 4. The fourth-order valence-corrected chi connectivity index (χ4v) is 2.58. The van der Waals surface area contributed by atoms with E-state index in [0.29, 0.717) is 16.7 Å². The highest BCUT2D eigenvalue weighted by Crippen LogP contribution is 2.36. The van der Waals surface area contributed by atoms with Gasteiger partial charge < -0.3 is 20.4 Å². The van der Waals surface area contributed by atoms with Gasteiger partial charge in [0.25, 0.3) is 0 Å². The van der Waals surface area contributed by atoms with Gasteiger partial charge in [0.1, 0.15) is 11.3 Å². The van der Waals surface area contributed by atoms with Crippen molar-refractivity contribution in [2.24, 2.45) is 0 Å². The van der Waals surface area contributed by atoms with Gasteiger partial charge in [-0.05, 0) is 29.8 Å². The number of H-pyrrole nitrogens is 1. The summed E-state index contributed by atoms with van der Waals surface area (Å²) >= 11 is 0. The molecule has 7 nitrogen and oxygen atoms in total. The van der Waals surface area contributed by atoms with Crippen molar-refractivity contribution < 1.29 is 27.5 Å². The van der Waals surface area contributed by atoms with Gasteiger partial charge in [0, 0.05) is 18.9 Å². The number of carbonyl (C=O) groups excluding carboxylic acids is 2. The number of hydrogen-bond donors (Lipinski definition) is 3. The number of nitrogens with zero attached hydrogens (tertiary/aromatic N) is 1. The van der Waals surface area contributed by atoms with E-state index in [-0.39, 0.29) is 17.9 Å². The summed E-state index contributed by atoms with van der Waals surface area (Å²) in [5.74, 6) is -2.28. The molecule has 0 saturated carbocycles. The number of ether oxygens (including phenoxy) is 1. The fraction of sp³-hybridized carbons (Fsp3) is 0.167. The summed E-state index contributed by atoms with van der Waals surface area (Å²) in [7, 11) is 1.13. The normalized spacial score (nSPS) is 11.3. The Balaban J connectivity index is 1.66. The molecule has 3 N–H and O–H groups in total. The fourth-order valence-electron chi connectivity index (χ4n) is 2.58. The quantitative estimate of drug-likeness (QED) is 0.595. The predicted octanol–water partition coefficient (Wildman–Crippen LogP) is 2.85. The molecule has 0 saturated heterocycles. The van der Waals surface area contributed by atoms with Gasteiger partial charge in [-0.25, -0.2) is 0 Å². The lowest BCUT2D eigenvalue weighted by atomic mass is 10.1. The van der Waals surface area contributed by atoms with Crippen molar-refractivity contribution in [1.29, 1.82) is 0 Å². The van der Waals surface area contributed by atoms with Gasteiger partial charge in [-0.3, -0.25) is 14.6 Å². The molecule has 2 heterocycles. The van der Waals surface area contributed by atoms with E-state index in [1.165, 1.54) is 18.5 Å². The molecule has 0 aliphatic heterocycles. The zero-order chi connectivity index (χ0) is 20.3. The maximum Gasteiger partial charge on any atom is 0.419 e. The molecule has 0 atom stereocenters. The number of nitrogens with one attached hydrogen (secondary N) is 3. The molecule has 0 unspecified atom stereocenters. The Labute approximate surface area is 156 Å². The monoisotopic (exact) mass is 392 g/mol. The standard InChI is InChI=1S/C18H15F3N4O3/c1-28-14-5-4-10(7-11(14)18(19,20)21)8-24-16(26)17(27)25-13-9-23-12-3-2-6-22-15(12)13/h2-7,9,23H,8H2,1H3,(H,24,26)(H,25,27). The highest BCUT2D eigenvalue weighted by molar-refractivity contribution is 6.40. The maximum absolute atomic E-state index is 13.0. The summed E-state index contributed by atoms with van der Waals surface area (Å²) in [4.78, 5) is 31.0. The topological polar surface area (TPSA) is 96.1 Å². The molecule has 0 bridgehead atoms. The van der Waals surface area contributed by atoms with Crippen molar-refractivity contribution in [3.05, 3.63) is 53.9 Å². The lowest BCUT2D eigenvalue weighted by molar-refractivity contribution is -0.138. The zero-order valence-corrected chi connectivity index (χ0v) is 14.6. The molecule has 1 aromatic carbocycles. The molecule has 0 aliphatic rings. The Bertz CT molecular complexity index is 1030. The van der Waals surface area contributed by atoms with E-state index in [1.807, 2.05) is 0 Å². The molecule has 28 heavy (non-hydrogen) atoms. The van der Waals surface area contributed by atoms with Crippen LogP contribution in [0, 0.1) is 0 Å². The maximum atomic E-state index is 13.0. The average molecular weight is 392 g/mol. The number of benzene rings is 1. The molecule has 0 spiro atoms. The van der Waals surface area contributed by atoms with Crippen LogP contribution in [0.5, 0.6) is 5.75 Å². The minimum absolute atomic E-state index is 0.169. The summed E-state index contributed by atoms with van der Waals surface area (Å²) in [5.41, 5.74) is 0.684. The molecular weight excluding hydrogens is 377 g/mol. The molecule has 2 amide bonds. The number of aromatic amines is 1. The summed E-state index contributed by atoms with van der Waals surface area (Å²) in [6.45, 7) is -0.258. The van der Waals surface area contributed by atoms with E-state index in [2.05, 4.69) is 20.6 Å². The van der Waals surface area contributed by atoms with E-state index in [9.17, 15) is 22.8 Å². The van der Waals surface area contributed by atoms with Crippen LogP contribution in [0.2, 0.25) is 0 Å². The van der Waals surface area contributed by atoms with E-state index < -0.39 is 23.6 Å². The van der Waals surface area contributed by atoms with Gasteiger partial charge in [0.15, 0.2) is 0 Å². The summed E-state index contributed by atoms with van der Waals surface area (Å²) in [6, 6.07) is 6.85. The third kappa shape index (κ3) is 4.05. The number of alkyl halides is 3. The summed E-state index contributed by atoms with van der Waals surface area (Å²) in [5, 5.41) is 4.70. The van der Waals surface area contributed by atoms with Gasteiger partial charge in [-0.15, -0.1) is 0 Å². The Kier molecular flexibility index (Phi) is 5.21. The molecule has 146 valence electrons. The second kappa shape index (κ2) is 7.59. The number of pyridine rings is 1. The first-order chi connectivity index (χ1) is 13.3. The smallest absolute Gasteiger partial charge is 0.419 e. The largest absolute Gasteiger partial charge is 0.496 e. The molecule has 10 heteroatoms. The van der Waals surface area contributed by atoms with Crippen LogP contribution in [0.4, 0.5) is 18.9 Å². The minimum Gasteiger partial charge on any atom is -0.496 e. The van der Waals surface area contributed by atoms with Crippen LogP contribution in [0.3, 0.4) is 0 Å². The molecule has 0 aliphatic carbocycles. The number of fused-ring (bicyclic) bond motifs is 1. The first-order valence-corrected chi connectivity index (χ1v) is 8.05. The number of methoxy groups -OCH3 is 1. The van der Waals surface area contributed by atoms with Gasteiger partial charge in [0.05, 0.1) is 23.9 Å². The third-order valence-corrected chi connectivity index (χ3v) is 3.91. The van der Waals surface area contributed by atoms with Gasteiger partial charge in [-0.1, -0.05) is 6.07 Å². The van der Waals surface area contributed by atoms with Crippen molar-refractivity contribution in [1.82, 2.24) is 15.3 Å². The van der Waals surface area contributed by atoms with Gasteiger partial charge >= 0.3 is 18.0 Å². The van der Waals surface area contributed by atoms with Crippen LogP contribution in [-0.4, -0.2) is 28.9 Å². The van der Waals surface area contributed by atoms with Crippen LogP contribution in [0.25, 0.3) is 11.0 Å². The van der Waals surface area contributed by atoms with E-state index in [0.717, 1.165) is 19.2 Å². The molecular formula is C18H15F3N4O3. The van der Waals surface area contributed by atoms with E-state index in [1.54, 1.807) is 12.1 Å². The number of anilines is 1. The highest BCUT2D eigenvalue weighted by Gasteiger charge is 2.34. The Morgan fingerprint density at radius 3 is 2.71 bits per heavy atom. The number of carbonyl (C=O) groups is 2. The highest BCUT2D eigenvalue weighted by atomic mass is 19.4. The second-order valence-electron chi connectivity index (χ2n) is 5.77.